The van der Waals surface area contributed by atoms with Crippen LogP contribution in [-0.4, -0.2) is 25.3 Å². The molecule has 5 unspecified atom stereocenters. The van der Waals surface area contributed by atoms with Gasteiger partial charge in [-0.2, -0.15) is 0 Å². The molecule has 0 aromatic carbocycles. The van der Waals surface area contributed by atoms with Gasteiger partial charge in [-0.25, -0.2) is 0 Å². The molecular weight excluding hydrogens is 258 g/mol. The molecule has 0 aliphatic heterocycles. The molecule has 2 nitrogen and oxygen atoms in total. The summed E-state index contributed by atoms with van der Waals surface area (Å²) in [6, 6.07) is 0.709. The molecular formula is C19H35NO. The highest BCUT2D eigenvalue weighted by atomic mass is 16.5. The minimum atomic E-state index is 0.470. The highest BCUT2D eigenvalue weighted by molar-refractivity contribution is 5.08. The van der Waals surface area contributed by atoms with E-state index in [2.05, 4.69) is 26.2 Å². The Morgan fingerprint density at radius 3 is 2.24 bits per heavy atom. The third-order valence-electron chi connectivity index (χ3n) is 7.07. The van der Waals surface area contributed by atoms with Crippen molar-refractivity contribution in [2.45, 2.75) is 96.3 Å². The van der Waals surface area contributed by atoms with Crippen LogP contribution in [0.2, 0.25) is 0 Å². The van der Waals surface area contributed by atoms with Gasteiger partial charge >= 0.3 is 0 Å². The number of ether oxygens (including phenoxy) is 1. The smallest absolute Gasteiger partial charge is 0.0665 e. The predicted octanol–water partition coefficient (Wildman–Crippen LogP) is 4.53. The number of rotatable bonds is 3. The summed E-state index contributed by atoms with van der Waals surface area (Å²) in [4.78, 5) is 0. The van der Waals surface area contributed by atoms with Gasteiger partial charge in [0.2, 0.25) is 0 Å². The van der Waals surface area contributed by atoms with E-state index in [0.717, 1.165) is 11.8 Å². The summed E-state index contributed by atoms with van der Waals surface area (Å²) in [5.41, 5.74) is 0.470. The Bertz CT molecular complexity index is 334. The molecule has 21 heavy (non-hydrogen) atoms. The summed E-state index contributed by atoms with van der Waals surface area (Å²) in [7, 11) is 2.15. The molecule has 0 saturated heterocycles. The quantitative estimate of drug-likeness (QED) is 0.825. The summed E-state index contributed by atoms with van der Waals surface area (Å²) in [6.45, 7) is 4.83. The van der Waals surface area contributed by atoms with Crippen molar-refractivity contribution in [3.05, 3.63) is 0 Å². The maximum absolute atomic E-state index is 6.69. The highest BCUT2D eigenvalue weighted by Crippen LogP contribution is 2.53. The monoisotopic (exact) mass is 293 g/mol. The fourth-order valence-corrected chi connectivity index (χ4v) is 5.26. The van der Waals surface area contributed by atoms with Crippen LogP contribution in [0.1, 0.15) is 78.1 Å². The van der Waals surface area contributed by atoms with Crippen LogP contribution >= 0.6 is 0 Å². The van der Waals surface area contributed by atoms with Gasteiger partial charge in [-0.15, -0.1) is 0 Å². The van der Waals surface area contributed by atoms with Crippen molar-refractivity contribution in [2.24, 2.45) is 17.3 Å². The third kappa shape index (κ3) is 3.03. The van der Waals surface area contributed by atoms with Crippen molar-refractivity contribution in [1.82, 2.24) is 5.32 Å². The fraction of sp³-hybridized carbons (Fsp3) is 1.00. The summed E-state index contributed by atoms with van der Waals surface area (Å²) >= 11 is 0. The van der Waals surface area contributed by atoms with E-state index in [-0.39, 0.29) is 0 Å². The van der Waals surface area contributed by atoms with Gasteiger partial charge in [-0.3, -0.25) is 0 Å². The van der Waals surface area contributed by atoms with Crippen molar-refractivity contribution in [3.63, 3.8) is 0 Å². The first kappa shape index (κ1) is 15.8. The molecule has 1 spiro atoms. The fourth-order valence-electron chi connectivity index (χ4n) is 5.26. The minimum Gasteiger partial charge on any atom is -0.374 e. The van der Waals surface area contributed by atoms with Crippen molar-refractivity contribution < 1.29 is 4.74 Å². The number of hydrogen-bond acceptors (Lipinski definition) is 2. The van der Waals surface area contributed by atoms with Crippen LogP contribution in [-0.2, 0) is 4.74 Å². The summed E-state index contributed by atoms with van der Waals surface area (Å²) in [6.07, 6.45) is 14.7. The van der Waals surface area contributed by atoms with Gasteiger partial charge in [-0.1, -0.05) is 39.5 Å². The lowest BCUT2D eigenvalue weighted by molar-refractivity contribution is -0.178. The first-order valence-corrected chi connectivity index (χ1v) is 9.48. The second-order valence-corrected chi connectivity index (χ2v) is 8.24. The Balaban J connectivity index is 1.62. The molecule has 3 rings (SSSR count). The summed E-state index contributed by atoms with van der Waals surface area (Å²) in [5.74, 6) is 1.73. The second kappa shape index (κ2) is 6.58. The van der Waals surface area contributed by atoms with Crippen molar-refractivity contribution in [2.75, 3.05) is 7.05 Å². The first-order valence-electron chi connectivity index (χ1n) is 9.48. The zero-order chi connectivity index (χ0) is 14.9. The summed E-state index contributed by atoms with van der Waals surface area (Å²) < 4.78 is 6.69. The van der Waals surface area contributed by atoms with Gasteiger partial charge in [0.05, 0.1) is 12.2 Å². The molecule has 0 bridgehead atoms. The predicted molar refractivity (Wildman–Crippen MR) is 88.4 cm³/mol. The van der Waals surface area contributed by atoms with Crippen LogP contribution in [0.15, 0.2) is 0 Å². The molecule has 3 saturated carbocycles. The Hall–Kier alpha value is -0.0800. The summed E-state index contributed by atoms with van der Waals surface area (Å²) in [5, 5.41) is 3.59. The van der Waals surface area contributed by atoms with E-state index in [9.17, 15) is 0 Å². The zero-order valence-corrected chi connectivity index (χ0v) is 14.4. The molecule has 122 valence electrons. The average Bonchev–Trinajstić information content (AvgIpc) is 2.74. The normalized spacial score (nSPS) is 43.3. The molecule has 3 fully saturated rings. The van der Waals surface area contributed by atoms with Gasteiger partial charge in [0.25, 0.3) is 0 Å². The Morgan fingerprint density at radius 2 is 1.62 bits per heavy atom. The molecule has 3 aliphatic rings. The van der Waals surface area contributed by atoms with Crippen LogP contribution in [0.3, 0.4) is 0 Å². The molecule has 0 aromatic rings. The Morgan fingerprint density at radius 1 is 0.905 bits per heavy atom. The average molecular weight is 293 g/mol. The lowest BCUT2D eigenvalue weighted by Gasteiger charge is -2.57. The van der Waals surface area contributed by atoms with Crippen LogP contribution in [0.5, 0.6) is 0 Å². The molecule has 0 radical (unpaired) electrons. The number of nitrogens with one attached hydrogen (secondary N) is 1. The lowest BCUT2D eigenvalue weighted by Crippen LogP contribution is -2.63. The first-order chi connectivity index (χ1) is 10.2. The van der Waals surface area contributed by atoms with E-state index in [4.69, 9.17) is 4.74 Å². The zero-order valence-electron chi connectivity index (χ0n) is 14.4. The SMILES string of the molecule is CNC1CC(OC2CCC(C)C(C)C2)C12CCCCCC2. The van der Waals surface area contributed by atoms with Crippen molar-refractivity contribution in [1.29, 1.82) is 0 Å². The maximum Gasteiger partial charge on any atom is 0.0665 e. The van der Waals surface area contributed by atoms with E-state index in [1.807, 2.05) is 0 Å². The van der Waals surface area contributed by atoms with Crippen LogP contribution < -0.4 is 5.32 Å². The van der Waals surface area contributed by atoms with Gasteiger partial charge < -0.3 is 10.1 Å². The maximum atomic E-state index is 6.69. The highest BCUT2D eigenvalue weighted by Gasteiger charge is 2.55. The van der Waals surface area contributed by atoms with E-state index < -0.39 is 0 Å². The third-order valence-corrected chi connectivity index (χ3v) is 7.07. The van der Waals surface area contributed by atoms with Crippen LogP contribution in [0.25, 0.3) is 0 Å². The molecule has 1 N–H and O–H groups in total. The molecule has 2 heteroatoms. The van der Waals surface area contributed by atoms with Crippen molar-refractivity contribution >= 4 is 0 Å². The van der Waals surface area contributed by atoms with Crippen LogP contribution in [0, 0.1) is 17.3 Å². The van der Waals surface area contributed by atoms with Gasteiger partial charge in [0.1, 0.15) is 0 Å². The standard InChI is InChI=1S/C19H35NO/c1-14-8-9-16(12-15(14)2)21-18-13-17(20-3)19(18)10-6-4-5-7-11-19/h14-18,20H,4-13H2,1-3H3. The van der Waals surface area contributed by atoms with Gasteiger partial charge in [0.15, 0.2) is 0 Å². The lowest BCUT2D eigenvalue weighted by atomic mass is 9.57. The molecule has 0 heterocycles. The largest absolute Gasteiger partial charge is 0.374 e. The second-order valence-electron chi connectivity index (χ2n) is 8.24. The van der Waals surface area contributed by atoms with E-state index in [1.54, 1.807) is 0 Å². The van der Waals surface area contributed by atoms with Crippen molar-refractivity contribution in [3.8, 4) is 0 Å². The molecule has 3 aliphatic carbocycles. The van der Waals surface area contributed by atoms with E-state index >= 15 is 0 Å². The Labute approximate surface area is 131 Å². The molecule has 0 aromatic heterocycles. The Kier molecular flexibility index (Phi) is 4.95. The number of hydrogen-bond donors (Lipinski definition) is 1. The minimum absolute atomic E-state index is 0.470. The van der Waals surface area contributed by atoms with Gasteiger partial charge in [0, 0.05) is 11.5 Å². The van der Waals surface area contributed by atoms with Gasteiger partial charge in [-0.05, 0) is 57.4 Å². The molecule has 5 atom stereocenters. The van der Waals surface area contributed by atoms with E-state index in [1.165, 1.54) is 64.2 Å². The van der Waals surface area contributed by atoms with Crippen LogP contribution in [0.4, 0.5) is 0 Å². The van der Waals surface area contributed by atoms with E-state index in [0.29, 0.717) is 23.7 Å². The molecule has 0 amide bonds. The topological polar surface area (TPSA) is 21.3 Å².